The molecule has 0 spiro atoms. The Labute approximate surface area is 154 Å². The van der Waals surface area contributed by atoms with Crippen LogP contribution in [0.25, 0.3) is 11.1 Å². The summed E-state index contributed by atoms with van der Waals surface area (Å²) in [5.74, 6) is -1.63. The van der Waals surface area contributed by atoms with Crippen LogP contribution < -0.4 is 0 Å². The van der Waals surface area contributed by atoms with Crippen LogP contribution in [0.1, 0.15) is 18.5 Å². The van der Waals surface area contributed by atoms with Crippen molar-refractivity contribution in [2.75, 3.05) is 46.4 Å². The summed E-state index contributed by atoms with van der Waals surface area (Å²) in [5.41, 5.74) is 2.82. The number of nitrogens with zero attached hydrogens (tertiary/aromatic N) is 2. The maximum atomic E-state index is 13.4. The highest BCUT2D eigenvalue weighted by molar-refractivity contribution is 5.63. The molecule has 26 heavy (non-hydrogen) atoms. The minimum Gasteiger partial charge on any atom is -0.383 e. The fraction of sp³-hybridized carbons (Fsp3) is 0.429. The number of benzene rings is 2. The minimum atomic E-state index is -0.816. The first kappa shape index (κ1) is 19.0. The molecular weight excluding hydrogens is 334 g/mol. The van der Waals surface area contributed by atoms with E-state index in [4.69, 9.17) is 4.74 Å². The van der Waals surface area contributed by atoms with Gasteiger partial charge >= 0.3 is 0 Å². The summed E-state index contributed by atoms with van der Waals surface area (Å²) >= 11 is 0. The molecule has 0 aromatic heterocycles. The maximum absolute atomic E-state index is 13.4. The molecule has 1 aliphatic heterocycles. The molecule has 1 unspecified atom stereocenters. The van der Waals surface area contributed by atoms with Crippen molar-refractivity contribution in [3.63, 3.8) is 0 Å². The van der Waals surface area contributed by atoms with Gasteiger partial charge in [-0.05, 0) is 35.7 Å². The average molecular weight is 360 g/mol. The number of piperazine rings is 1. The van der Waals surface area contributed by atoms with Crippen molar-refractivity contribution < 1.29 is 13.5 Å². The molecule has 1 atom stereocenters. The van der Waals surface area contributed by atoms with Crippen molar-refractivity contribution in [3.8, 4) is 11.1 Å². The van der Waals surface area contributed by atoms with Crippen molar-refractivity contribution in [2.24, 2.45) is 0 Å². The van der Waals surface area contributed by atoms with Crippen LogP contribution in [0.5, 0.6) is 0 Å². The van der Waals surface area contributed by atoms with E-state index in [0.717, 1.165) is 44.9 Å². The molecule has 1 fully saturated rings. The zero-order valence-corrected chi connectivity index (χ0v) is 15.4. The molecule has 5 heteroatoms. The Hall–Kier alpha value is -1.82. The van der Waals surface area contributed by atoms with E-state index in [1.807, 2.05) is 12.1 Å². The molecule has 140 valence electrons. The topological polar surface area (TPSA) is 15.7 Å². The van der Waals surface area contributed by atoms with Crippen LogP contribution >= 0.6 is 0 Å². The van der Waals surface area contributed by atoms with Gasteiger partial charge in [0, 0.05) is 45.9 Å². The van der Waals surface area contributed by atoms with Gasteiger partial charge in [0.2, 0.25) is 0 Å². The fourth-order valence-corrected chi connectivity index (χ4v) is 3.44. The Morgan fingerprint density at radius 3 is 2.19 bits per heavy atom. The van der Waals surface area contributed by atoms with Crippen LogP contribution in [0.3, 0.4) is 0 Å². The van der Waals surface area contributed by atoms with Crippen molar-refractivity contribution in [3.05, 3.63) is 59.7 Å². The monoisotopic (exact) mass is 360 g/mol. The quantitative estimate of drug-likeness (QED) is 0.776. The second kappa shape index (κ2) is 8.71. The molecule has 0 radical (unpaired) electrons. The number of halogens is 2. The zero-order chi connectivity index (χ0) is 18.5. The fourth-order valence-electron chi connectivity index (χ4n) is 3.44. The van der Waals surface area contributed by atoms with Gasteiger partial charge in [-0.1, -0.05) is 30.3 Å². The van der Waals surface area contributed by atoms with E-state index >= 15 is 0 Å². The summed E-state index contributed by atoms with van der Waals surface area (Å²) in [6.07, 6.45) is 0. The third kappa shape index (κ3) is 4.47. The zero-order valence-electron chi connectivity index (χ0n) is 15.4. The van der Waals surface area contributed by atoms with Gasteiger partial charge in [-0.3, -0.25) is 9.80 Å². The first-order chi connectivity index (χ1) is 12.6. The van der Waals surface area contributed by atoms with Gasteiger partial charge in [0.15, 0.2) is 11.6 Å². The number of hydrogen-bond acceptors (Lipinski definition) is 3. The summed E-state index contributed by atoms with van der Waals surface area (Å²) < 4.78 is 31.7. The van der Waals surface area contributed by atoms with E-state index in [2.05, 4.69) is 28.9 Å². The Bertz CT molecular complexity index is 712. The van der Waals surface area contributed by atoms with Crippen molar-refractivity contribution in [1.82, 2.24) is 9.80 Å². The molecular formula is C21H26F2N2O. The number of methoxy groups -OCH3 is 1. The van der Waals surface area contributed by atoms with Crippen molar-refractivity contribution >= 4 is 0 Å². The lowest BCUT2D eigenvalue weighted by Gasteiger charge is -2.38. The van der Waals surface area contributed by atoms with E-state index in [1.54, 1.807) is 13.2 Å². The third-order valence-electron chi connectivity index (χ3n) is 5.21. The Kier molecular flexibility index (Phi) is 6.35. The second-order valence-electron chi connectivity index (χ2n) is 6.80. The lowest BCUT2D eigenvalue weighted by molar-refractivity contribution is 0.0786. The summed E-state index contributed by atoms with van der Waals surface area (Å²) in [7, 11) is 1.74. The molecule has 0 aliphatic carbocycles. The molecule has 0 bridgehead atoms. The van der Waals surface area contributed by atoms with E-state index in [9.17, 15) is 8.78 Å². The van der Waals surface area contributed by atoms with Gasteiger partial charge in [0.05, 0.1) is 6.61 Å². The van der Waals surface area contributed by atoms with Crippen LogP contribution in [0.15, 0.2) is 42.5 Å². The van der Waals surface area contributed by atoms with Gasteiger partial charge < -0.3 is 4.74 Å². The molecule has 3 nitrogen and oxygen atoms in total. The first-order valence-corrected chi connectivity index (χ1v) is 9.09. The molecule has 1 heterocycles. The molecule has 2 aromatic carbocycles. The third-order valence-corrected chi connectivity index (χ3v) is 5.21. The molecule has 0 N–H and O–H groups in total. The highest BCUT2D eigenvalue weighted by Gasteiger charge is 2.21. The average Bonchev–Trinajstić information content (AvgIpc) is 2.68. The van der Waals surface area contributed by atoms with Gasteiger partial charge in [-0.15, -0.1) is 0 Å². The van der Waals surface area contributed by atoms with Crippen molar-refractivity contribution in [1.29, 1.82) is 0 Å². The van der Waals surface area contributed by atoms with Crippen molar-refractivity contribution in [2.45, 2.75) is 13.0 Å². The highest BCUT2D eigenvalue weighted by Crippen LogP contribution is 2.26. The van der Waals surface area contributed by atoms with Gasteiger partial charge in [-0.25, -0.2) is 8.78 Å². The van der Waals surface area contributed by atoms with Crippen LogP contribution in [0.4, 0.5) is 8.78 Å². The largest absolute Gasteiger partial charge is 0.383 e. The Balaban J connectivity index is 1.62. The van der Waals surface area contributed by atoms with E-state index in [0.29, 0.717) is 11.6 Å². The number of rotatable bonds is 6. The Morgan fingerprint density at radius 2 is 1.58 bits per heavy atom. The van der Waals surface area contributed by atoms with Gasteiger partial charge in [-0.2, -0.15) is 0 Å². The predicted octanol–water partition coefficient (Wildman–Crippen LogP) is 3.96. The minimum absolute atomic E-state index is 0.332. The normalized spacial score (nSPS) is 17.4. The van der Waals surface area contributed by atoms with E-state index in [1.165, 1.54) is 17.7 Å². The summed E-state index contributed by atoms with van der Waals surface area (Å²) in [4.78, 5) is 4.91. The van der Waals surface area contributed by atoms with Crippen LogP contribution in [0, 0.1) is 11.6 Å². The summed E-state index contributed by atoms with van der Waals surface area (Å²) in [6, 6.07) is 12.5. The number of ether oxygens (including phenoxy) is 1. The summed E-state index contributed by atoms with van der Waals surface area (Å²) in [6.45, 7) is 8.17. The molecule has 2 aromatic rings. The molecule has 0 amide bonds. The van der Waals surface area contributed by atoms with Gasteiger partial charge in [0.1, 0.15) is 0 Å². The number of hydrogen-bond donors (Lipinski definition) is 0. The highest BCUT2D eigenvalue weighted by atomic mass is 19.2. The lowest BCUT2D eigenvalue weighted by Crippen LogP contribution is -2.47. The predicted molar refractivity (Wildman–Crippen MR) is 100 cm³/mol. The molecule has 3 rings (SSSR count). The molecule has 0 saturated carbocycles. The van der Waals surface area contributed by atoms with Crippen LogP contribution in [0.2, 0.25) is 0 Å². The van der Waals surface area contributed by atoms with E-state index in [-0.39, 0.29) is 0 Å². The van der Waals surface area contributed by atoms with Gasteiger partial charge in [0.25, 0.3) is 0 Å². The van der Waals surface area contributed by atoms with E-state index < -0.39 is 11.6 Å². The Morgan fingerprint density at radius 1 is 0.923 bits per heavy atom. The smallest absolute Gasteiger partial charge is 0.159 e. The second-order valence-corrected chi connectivity index (χ2v) is 6.80. The maximum Gasteiger partial charge on any atom is 0.159 e. The SMILES string of the molecule is COCCN1CCN(C(C)c2ccc(-c3ccc(F)c(F)c3)cc2)CC1. The van der Waals surface area contributed by atoms with Crippen LogP contribution in [-0.4, -0.2) is 56.2 Å². The standard InChI is InChI=1S/C21H26F2N2O/c1-16(25-11-9-24(10-12-25)13-14-26-2)17-3-5-18(6-4-17)19-7-8-20(22)21(23)15-19/h3-8,15-16H,9-14H2,1-2H3. The molecule has 1 aliphatic rings. The van der Waals surface area contributed by atoms with Crippen LogP contribution in [-0.2, 0) is 4.74 Å². The summed E-state index contributed by atoms with van der Waals surface area (Å²) in [5, 5.41) is 0. The molecule has 1 saturated heterocycles. The first-order valence-electron chi connectivity index (χ1n) is 9.09. The lowest BCUT2D eigenvalue weighted by atomic mass is 10.00.